The van der Waals surface area contributed by atoms with Crippen molar-refractivity contribution in [1.82, 2.24) is 10.2 Å². The minimum Gasteiger partial charge on any atom is -0.341 e. The van der Waals surface area contributed by atoms with Gasteiger partial charge in [0.1, 0.15) is 0 Å². The molecule has 3 nitrogen and oxygen atoms in total. The SMILES string of the molecule is CCC1CCC(=O)N(CCNC(C)C)CC1. The van der Waals surface area contributed by atoms with E-state index in [-0.39, 0.29) is 0 Å². The molecule has 94 valence electrons. The first-order chi connectivity index (χ1) is 7.63. The van der Waals surface area contributed by atoms with Gasteiger partial charge >= 0.3 is 0 Å². The molecule has 16 heavy (non-hydrogen) atoms. The van der Waals surface area contributed by atoms with Crippen molar-refractivity contribution in [3.63, 3.8) is 0 Å². The molecule has 0 spiro atoms. The fourth-order valence-electron chi connectivity index (χ4n) is 2.23. The minimum atomic E-state index is 0.349. The van der Waals surface area contributed by atoms with Gasteiger partial charge in [-0.15, -0.1) is 0 Å². The van der Waals surface area contributed by atoms with Crippen molar-refractivity contribution in [2.75, 3.05) is 19.6 Å². The Labute approximate surface area is 99.6 Å². The Bertz CT molecular complexity index is 216. The van der Waals surface area contributed by atoms with E-state index in [2.05, 4.69) is 26.1 Å². The van der Waals surface area contributed by atoms with Gasteiger partial charge in [0, 0.05) is 32.1 Å². The molecule has 0 aliphatic carbocycles. The van der Waals surface area contributed by atoms with Crippen LogP contribution in [0, 0.1) is 5.92 Å². The summed E-state index contributed by atoms with van der Waals surface area (Å²) in [6, 6.07) is 0.505. The van der Waals surface area contributed by atoms with E-state index in [1.54, 1.807) is 0 Å². The monoisotopic (exact) mass is 226 g/mol. The van der Waals surface area contributed by atoms with E-state index in [1.165, 1.54) is 12.8 Å². The van der Waals surface area contributed by atoms with Crippen LogP contribution in [0.25, 0.3) is 0 Å². The summed E-state index contributed by atoms with van der Waals surface area (Å²) < 4.78 is 0. The van der Waals surface area contributed by atoms with Crippen LogP contribution in [0.4, 0.5) is 0 Å². The molecule has 0 bridgehead atoms. The van der Waals surface area contributed by atoms with Crippen molar-refractivity contribution in [2.24, 2.45) is 5.92 Å². The van der Waals surface area contributed by atoms with Gasteiger partial charge in [0.15, 0.2) is 0 Å². The van der Waals surface area contributed by atoms with Gasteiger partial charge in [-0.25, -0.2) is 0 Å². The normalized spacial score (nSPS) is 22.6. The van der Waals surface area contributed by atoms with Crippen LogP contribution in [-0.4, -0.2) is 36.5 Å². The highest BCUT2D eigenvalue weighted by molar-refractivity contribution is 5.76. The molecule has 3 heteroatoms. The van der Waals surface area contributed by atoms with E-state index < -0.39 is 0 Å². The number of rotatable bonds is 5. The second-order valence-electron chi connectivity index (χ2n) is 5.09. The zero-order valence-electron chi connectivity index (χ0n) is 11.0. The minimum absolute atomic E-state index is 0.349. The Morgan fingerprint density at radius 1 is 1.44 bits per heavy atom. The van der Waals surface area contributed by atoms with Crippen LogP contribution >= 0.6 is 0 Å². The summed E-state index contributed by atoms with van der Waals surface area (Å²) >= 11 is 0. The first kappa shape index (κ1) is 13.5. The highest BCUT2D eigenvalue weighted by Crippen LogP contribution is 2.20. The molecule has 1 amide bonds. The molecular weight excluding hydrogens is 200 g/mol. The smallest absolute Gasteiger partial charge is 0.222 e. The molecule has 0 aromatic carbocycles. The topological polar surface area (TPSA) is 32.3 Å². The molecule has 1 fully saturated rings. The lowest BCUT2D eigenvalue weighted by Gasteiger charge is -2.21. The third kappa shape index (κ3) is 4.52. The van der Waals surface area contributed by atoms with Gasteiger partial charge in [-0.05, 0) is 18.8 Å². The van der Waals surface area contributed by atoms with Crippen molar-refractivity contribution < 1.29 is 4.79 Å². The van der Waals surface area contributed by atoms with Crippen LogP contribution in [0.2, 0.25) is 0 Å². The number of nitrogens with one attached hydrogen (secondary N) is 1. The zero-order valence-corrected chi connectivity index (χ0v) is 11.0. The van der Waals surface area contributed by atoms with Gasteiger partial charge in [-0.2, -0.15) is 0 Å². The maximum Gasteiger partial charge on any atom is 0.222 e. The number of nitrogens with zero attached hydrogens (tertiary/aromatic N) is 1. The third-order valence-electron chi connectivity index (χ3n) is 3.44. The van der Waals surface area contributed by atoms with Gasteiger partial charge in [0.05, 0.1) is 0 Å². The molecule has 0 aromatic heterocycles. The lowest BCUT2D eigenvalue weighted by Crippen LogP contribution is -2.38. The van der Waals surface area contributed by atoms with Gasteiger partial charge in [0.2, 0.25) is 5.91 Å². The molecule has 1 heterocycles. The van der Waals surface area contributed by atoms with Crippen LogP contribution in [-0.2, 0) is 4.79 Å². The van der Waals surface area contributed by atoms with Crippen molar-refractivity contribution >= 4 is 5.91 Å². The summed E-state index contributed by atoms with van der Waals surface area (Å²) in [4.78, 5) is 13.9. The number of hydrogen-bond acceptors (Lipinski definition) is 2. The quantitative estimate of drug-likeness (QED) is 0.778. The number of carbonyl (C=O) groups is 1. The molecule has 1 aliphatic heterocycles. The van der Waals surface area contributed by atoms with Crippen LogP contribution in [0.3, 0.4) is 0 Å². The molecule has 0 aromatic rings. The summed E-state index contributed by atoms with van der Waals surface area (Å²) in [5.74, 6) is 1.11. The molecule has 0 saturated carbocycles. The number of likely N-dealkylation sites (tertiary alicyclic amines) is 1. The molecule has 1 aliphatic rings. The summed E-state index contributed by atoms with van der Waals surface area (Å²) in [6.45, 7) is 9.24. The maximum absolute atomic E-state index is 11.8. The molecule has 1 rings (SSSR count). The van der Waals surface area contributed by atoms with Crippen LogP contribution in [0.15, 0.2) is 0 Å². The van der Waals surface area contributed by atoms with Crippen LogP contribution in [0.5, 0.6) is 0 Å². The lowest BCUT2D eigenvalue weighted by atomic mass is 9.98. The Morgan fingerprint density at radius 2 is 2.19 bits per heavy atom. The molecule has 1 unspecified atom stereocenters. The number of amides is 1. The fourth-order valence-corrected chi connectivity index (χ4v) is 2.23. The third-order valence-corrected chi connectivity index (χ3v) is 3.44. The lowest BCUT2D eigenvalue weighted by molar-refractivity contribution is -0.130. The Kier molecular flexibility index (Phi) is 5.81. The van der Waals surface area contributed by atoms with Gasteiger partial charge in [0.25, 0.3) is 0 Å². The predicted octanol–water partition coefficient (Wildman–Crippen LogP) is 2.02. The van der Waals surface area contributed by atoms with Gasteiger partial charge in [-0.1, -0.05) is 27.2 Å². The second-order valence-corrected chi connectivity index (χ2v) is 5.09. The average molecular weight is 226 g/mol. The first-order valence-electron chi connectivity index (χ1n) is 6.64. The van der Waals surface area contributed by atoms with Crippen molar-refractivity contribution in [1.29, 1.82) is 0 Å². The average Bonchev–Trinajstić information content (AvgIpc) is 2.41. The predicted molar refractivity (Wildman–Crippen MR) is 67.4 cm³/mol. The van der Waals surface area contributed by atoms with Crippen molar-refractivity contribution in [2.45, 2.75) is 52.5 Å². The summed E-state index contributed by atoms with van der Waals surface area (Å²) in [5.41, 5.74) is 0. The zero-order chi connectivity index (χ0) is 12.0. The second kappa shape index (κ2) is 6.89. The first-order valence-corrected chi connectivity index (χ1v) is 6.64. The van der Waals surface area contributed by atoms with E-state index in [4.69, 9.17) is 0 Å². The fraction of sp³-hybridized carbons (Fsp3) is 0.923. The van der Waals surface area contributed by atoms with E-state index in [0.29, 0.717) is 11.9 Å². The molecule has 1 N–H and O–H groups in total. The number of hydrogen-bond donors (Lipinski definition) is 1. The Morgan fingerprint density at radius 3 is 2.81 bits per heavy atom. The molecule has 1 saturated heterocycles. The molecular formula is C13H26N2O. The van der Waals surface area contributed by atoms with Crippen molar-refractivity contribution in [3.05, 3.63) is 0 Å². The van der Waals surface area contributed by atoms with Gasteiger partial charge < -0.3 is 10.2 Å². The highest BCUT2D eigenvalue weighted by Gasteiger charge is 2.20. The Balaban J connectivity index is 2.32. The molecule has 1 atom stereocenters. The van der Waals surface area contributed by atoms with Crippen LogP contribution < -0.4 is 5.32 Å². The van der Waals surface area contributed by atoms with E-state index in [1.807, 2.05) is 4.90 Å². The highest BCUT2D eigenvalue weighted by atomic mass is 16.2. The summed E-state index contributed by atoms with van der Waals surface area (Å²) in [6.07, 6.45) is 4.24. The largest absolute Gasteiger partial charge is 0.341 e. The van der Waals surface area contributed by atoms with Gasteiger partial charge in [-0.3, -0.25) is 4.79 Å². The van der Waals surface area contributed by atoms with E-state index in [0.717, 1.165) is 38.4 Å². The summed E-state index contributed by atoms with van der Waals surface area (Å²) in [5, 5.41) is 3.37. The van der Waals surface area contributed by atoms with E-state index >= 15 is 0 Å². The summed E-state index contributed by atoms with van der Waals surface area (Å²) in [7, 11) is 0. The van der Waals surface area contributed by atoms with E-state index in [9.17, 15) is 4.79 Å². The Hall–Kier alpha value is -0.570. The number of carbonyl (C=O) groups excluding carboxylic acids is 1. The van der Waals surface area contributed by atoms with Crippen LogP contribution in [0.1, 0.15) is 46.5 Å². The van der Waals surface area contributed by atoms with Crippen molar-refractivity contribution in [3.8, 4) is 0 Å². The maximum atomic E-state index is 11.8. The standard InChI is InChI=1S/C13H26N2O/c1-4-12-5-6-13(16)15(9-7-12)10-8-14-11(2)3/h11-12,14H,4-10H2,1-3H3. The molecule has 0 radical (unpaired) electrons.